The molecule has 4 nitrogen and oxygen atoms in total. The zero-order valence-corrected chi connectivity index (χ0v) is 14.1. The fraction of sp³-hybridized carbons (Fsp3) is 0.412. The molecule has 1 fully saturated rings. The third-order valence-corrected chi connectivity index (χ3v) is 5.19. The van der Waals surface area contributed by atoms with Gasteiger partial charge in [-0.15, -0.1) is 11.3 Å². The molecular formula is C17H21N3OS. The molecular weight excluding hydrogens is 294 g/mol. The van der Waals surface area contributed by atoms with Gasteiger partial charge in [-0.25, -0.2) is 4.98 Å². The second-order valence-electron chi connectivity index (χ2n) is 5.93. The normalized spacial score (nSPS) is 17.8. The lowest BCUT2D eigenvalue weighted by Crippen LogP contribution is -2.30. The number of likely N-dealkylation sites (tertiary alicyclic amines) is 1. The molecule has 0 spiro atoms. The second kappa shape index (κ2) is 6.08. The lowest BCUT2D eigenvalue weighted by atomic mass is 10.1. The summed E-state index contributed by atoms with van der Waals surface area (Å²) in [5, 5.41) is 1.99. The Labute approximate surface area is 135 Å². The molecule has 0 aliphatic carbocycles. The Bertz CT molecular complexity index is 680. The van der Waals surface area contributed by atoms with Crippen LogP contribution in [0, 0.1) is 6.92 Å². The first-order valence-electron chi connectivity index (χ1n) is 7.56. The fourth-order valence-electron chi connectivity index (χ4n) is 2.96. The zero-order chi connectivity index (χ0) is 15.7. The highest BCUT2D eigenvalue weighted by Gasteiger charge is 2.31. The summed E-state index contributed by atoms with van der Waals surface area (Å²) < 4.78 is 0. The van der Waals surface area contributed by atoms with Gasteiger partial charge in [0.1, 0.15) is 5.82 Å². The maximum Gasteiger partial charge on any atom is 0.264 e. The number of anilines is 1. The van der Waals surface area contributed by atoms with E-state index < -0.39 is 0 Å². The van der Waals surface area contributed by atoms with Crippen molar-refractivity contribution in [1.82, 2.24) is 9.88 Å². The first-order chi connectivity index (χ1) is 10.6. The van der Waals surface area contributed by atoms with Crippen LogP contribution in [0.25, 0.3) is 0 Å². The molecule has 3 heterocycles. The summed E-state index contributed by atoms with van der Waals surface area (Å²) in [4.78, 5) is 22.1. The van der Waals surface area contributed by atoms with E-state index in [4.69, 9.17) is 0 Å². The third kappa shape index (κ3) is 2.73. The van der Waals surface area contributed by atoms with Crippen molar-refractivity contribution in [2.75, 3.05) is 25.5 Å². The Hall–Kier alpha value is -1.88. The summed E-state index contributed by atoms with van der Waals surface area (Å²) >= 11 is 1.54. The summed E-state index contributed by atoms with van der Waals surface area (Å²) in [6.07, 6.45) is 3.91. The Morgan fingerprint density at radius 3 is 2.91 bits per heavy atom. The van der Waals surface area contributed by atoms with Crippen molar-refractivity contribution in [3.63, 3.8) is 0 Å². The van der Waals surface area contributed by atoms with E-state index in [0.717, 1.165) is 35.6 Å². The molecule has 1 atom stereocenters. The maximum atomic E-state index is 12.8. The van der Waals surface area contributed by atoms with Crippen molar-refractivity contribution in [3.05, 3.63) is 45.8 Å². The van der Waals surface area contributed by atoms with E-state index >= 15 is 0 Å². The number of carbonyl (C=O) groups excluding carboxylic acids is 1. The lowest BCUT2D eigenvalue weighted by Gasteiger charge is -2.25. The monoisotopic (exact) mass is 315 g/mol. The molecule has 2 aromatic heterocycles. The smallest absolute Gasteiger partial charge is 0.264 e. The molecule has 0 N–H and O–H groups in total. The van der Waals surface area contributed by atoms with E-state index in [-0.39, 0.29) is 11.9 Å². The van der Waals surface area contributed by atoms with Gasteiger partial charge in [0.15, 0.2) is 0 Å². The number of hydrogen-bond acceptors (Lipinski definition) is 4. The van der Waals surface area contributed by atoms with Crippen molar-refractivity contribution < 1.29 is 4.79 Å². The molecule has 0 saturated carbocycles. The number of hydrogen-bond donors (Lipinski definition) is 0. The van der Waals surface area contributed by atoms with Crippen LogP contribution >= 0.6 is 11.3 Å². The van der Waals surface area contributed by atoms with Crippen molar-refractivity contribution in [2.24, 2.45) is 0 Å². The van der Waals surface area contributed by atoms with E-state index in [1.54, 1.807) is 0 Å². The molecule has 0 bridgehead atoms. The van der Waals surface area contributed by atoms with Gasteiger partial charge >= 0.3 is 0 Å². The molecule has 1 saturated heterocycles. The van der Waals surface area contributed by atoms with Crippen LogP contribution in [0.15, 0.2) is 29.8 Å². The van der Waals surface area contributed by atoms with Gasteiger partial charge in [0.2, 0.25) is 0 Å². The average molecular weight is 315 g/mol. The fourth-order valence-corrected chi connectivity index (χ4v) is 3.84. The molecule has 0 radical (unpaired) electrons. The van der Waals surface area contributed by atoms with E-state index in [1.165, 1.54) is 16.9 Å². The molecule has 5 heteroatoms. The molecule has 1 aliphatic rings. The lowest BCUT2D eigenvalue weighted by molar-refractivity contribution is 0.0740. The van der Waals surface area contributed by atoms with Crippen LogP contribution in [0.3, 0.4) is 0 Å². The Balaban J connectivity index is 1.89. The number of nitrogens with zero attached hydrogens (tertiary/aromatic N) is 3. The molecule has 2 aromatic rings. The Morgan fingerprint density at radius 2 is 2.23 bits per heavy atom. The summed E-state index contributed by atoms with van der Waals surface area (Å²) in [7, 11) is 3.97. The predicted octanol–water partition coefficient (Wildman–Crippen LogP) is 3.49. The van der Waals surface area contributed by atoms with Crippen LogP contribution in [-0.4, -0.2) is 36.4 Å². The van der Waals surface area contributed by atoms with Crippen LogP contribution in [-0.2, 0) is 0 Å². The molecule has 116 valence electrons. The SMILES string of the molecule is Cc1ccsc1C(=O)N1CCC[C@@H]1c1ccnc(N(C)C)c1. The zero-order valence-electron chi connectivity index (χ0n) is 13.2. The van der Waals surface area contributed by atoms with Gasteiger partial charge in [-0.05, 0) is 54.5 Å². The molecule has 22 heavy (non-hydrogen) atoms. The molecule has 3 rings (SSSR count). The van der Waals surface area contributed by atoms with Gasteiger partial charge < -0.3 is 9.80 Å². The number of aryl methyl sites for hydroxylation is 1. The first-order valence-corrected chi connectivity index (χ1v) is 8.44. The summed E-state index contributed by atoms with van der Waals surface area (Å²) in [6, 6.07) is 6.30. The van der Waals surface area contributed by atoms with Gasteiger partial charge in [-0.2, -0.15) is 0 Å². The summed E-state index contributed by atoms with van der Waals surface area (Å²) in [6.45, 7) is 2.84. The van der Waals surface area contributed by atoms with E-state index in [9.17, 15) is 4.79 Å². The average Bonchev–Trinajstić information content (AvgIpc) is 3.15. The first kappa shape index (κ1) is 15.0. The minimum Gasteiger partial charge on any atom is -0.363 e. The van der Waals surface area contributed by atoms with Crippen LogP contribution in [0.4, 0.5) is 5.82 Å². The highest BCUT2D eigenvalue weighted by atomic mass is 32.1. The maximum absolute atomic E-state index is 12.8. The number of thiophene rings is 1. The van der Waals surface area contributed by atoms with Crippen LogP contribution in [0.5, 0.6) is 0 Å². The number of carbonyl (C=O) groups is 1. The molecule has 1 aliphatic heterocycles. The number of rotatable bonds is 3. The number of aromatic nitrogens is 1. The van der Waals surface area contributed by atoms with Gasteiger partial charge in [0, 0.05) is 26.8 Å². The Morgan fingerprint density at radius 1 is 1.41 bits per heavy atom. The van der Waals surface area contributed by atoms with Crippen LogP contribution in [0.2, 0.25) is 0 Å². The molecule has 0 unspecified atom stereocenters. The second-order valence-corrected chi connectivity index (χ2v) is 6.85. The van der Waals surface area contributed by atoms with E-state index in [1.807, 2.05) is 54.5 Å². The van der Waals surface area contributed by atoms with Gasteiger partial charge in [-0.3, -0.25) is 4.79 Å². The van der Waals surface area contributed by atoms with Gasteiger partial charge in [0.25, 0.3) is 5.91 Å². The topological polar surface area (TPSA) is 36.4 Å². The third-order valence-electron chi connectivity index (χ3n) is 4.18. The minimum absolute atomic E-state index is 0.163. The highest BCUT2D eigenvalue weighted by Crippen LogP contribution is 2.35. The van der Waals surface area contributed by atoms with Crippen molar-refractivity contribution in [2.45, 2.75) is 25.8 Å². The van der Waals surface area contributed by atoms with Gasteiger partial charge in [-0.1, -0.05) is 0 Å². The highest BCUT2D eigenvalue weighted by molar-refractivity contribution is 7.12. The van der Waals surface area contributed by atoms with E-state index in [2.05, 4.69) is 11.1 Å². The number of amides is 1. The van der Waals surface area contributed by atoms with Crippen LogP contribution in [0.1, 0.15) is 39.7 Å². The summed E-state index contributed by atoms with van der Waals surface area (Å²) in [5.74, 6) is 1.10. The summed E-state index contributed by atoms with van der Waals surface area (Å²) in [5.41, 5.74) is 2.25. The van der Waals surface area contributed by atoms with E-state index in [0.29, 0.717) is 0 Å². The minimum atomic E-state index is 0.163. The largest absolute Gasteiger partial charge is 0.363 e. The van der Waals surface area contributed by atoms with Crippen molar-refractivity contribution in [1.29, 1.82) is 0 Å². The predicted molar refractivity (Wildman–Crippen MR) is 90.6 cm³/mol. The Kier molecular flexibility index (Phi) is 4.16. The molecule has 0 aromatic carbocycles. The van der Waals surface area contributed by atoms with Gasteiger partial charge in [0.05, 0.1) is 10.9 Å². The van der Waals surface area contributed by atoms with Crippen molar-refractivity contribution in [3.8, 4) is 0 Å². The number of pyridine rings is 1. The molecule has 1 amide bonds. The quantitative estimate of drug-likeness (QED) is 0.870. The van der Waals surface area contributed by atoms with Crippen LogP contribution < -0.4 is 4.90 Å². The van der Waals surface area contributed by atoms with Crippen molar-refractivity contribution >= 4 is 23.1 Å². The standard InChI is InChI=1S/C17H21N3OS/c1-12-7-10-22-16(12)17(21)20-9-4-5-14(20)13-6-8-18-15(11-13)19(2)3/h6-8,10-11,14H,4-5,9H2,1-3H3/t14-/m1/s1.